The van der Waals surface area contributed by atoms with Crippen LogP contribution in [0, 0.1) is 0 Å². The van der Waals surface area contributed by atoms with Crippen LogP contribution >= 0.6 is 10.7 Å². The minimum atomic E-state index is -3.55. The average Bonchev–Trinajstić information content (AvgIpc) is 2.32. The zero-order valence-electron chi connectivity index (χ0n) is 5.86. The number of nitrogens with two attached hydrogens (primary N) is 1. The molecule has 0 saturated carbocycles. The van der Waals surface area contributed by atoms with Crippen LogP contribution in [0.1, 0.15) is 12.8 Å². The highest BCUT2D eigenvalue weighted by Crippen LogP contribution is 2.25. The molecule has 1 heterocycles. The van der Waals surface area contributed by atoms with Gasteiger partial charge in [0, 0.05) is 17.2 Å². The number of hydrogen-bond donors (Lipinski definition) is 1. The highest BCUT2D eigenvalue weighted by molar-refractivity contribution is 8.14. The first-order chi connectivity index (χ1) is 5.04. The Bertz CT molecular complexity index is 228. The van der Waals surface area contributed by atoms with Gasteiger partial charge in [-0.3, -0.25) is 0 Å². The van der Waals surface area contributed by atoms with E-state index >= 15 is 0 Å². The lowest BCUT2D eigenvalue weighted by atomic mass is 10.2. The summed E-state index contributed by atoms with van der Waals surface area (Å²) in [5.74, 6) is 0. The Labute approximate surface area is 70.1 Å². The summed E-state index contributed by atoms with van der Waals surface area (Å²) < 4.78 is 26.4. The van der Waals surface area contributed by atoms with Crippen LogP contribution in [0.15, 0.2) is 0 Å². The van der Waals surface area contributed by atoms with E-state index in [0.29, 0.717) is 19.4 Å². The summed E-state index contributed by atoms with van der Waals surface area (Å²) in [4.78, 5) is 0. The lowest BCUT2D eigenvalue weighted by Gasteiger charge is -2.07. The maximum Gasteiger partial charge on any atom is 0.259 e. The topological polar surface area (TPSA) is 69.4 Å². The smallest absolute Gasteiger partial charge is 0.259 e. The van der Waals surface area contributed by atoms with Crippen molar-refractivity contribution in [3.05, 3.63) is 0 Å². The molecule has 1 aliphatic rings. The van der Waals surface area contributed by atoms with Crippen molar-refractivity contribution in [3.8, 4) is 0 Å². The summed E-state index contributed by atoms with van der Waals surface area (Å²) in [6.07, 6.45) is 0.981. The van der Waals surface area contributed by atoms with Crippen molar-refractivity contribution in [2.75, 3.05) is 6.54 Å². The maximum atomic E-state index is 10.7. The molecule has 0 aromatic heterocycles. The summed E-state index contributed by atoms with van der Waals surface area (Å²) in [5.41, 5.74) is 4.43. The van der Waals surface area contributed by atoms with Crippen molar-refractivity contribution in [1.82, 2.24) is 0 Å². The monoisotopic (exact) mass is 199 g/mol. The normalized spacial score (nSPS) is 32.5. The standard InChI is InChI=1S/C5H10ClNO3S/c6-11(8,9)5-2-1-4(3-7)10-5/h4-5H,1-3,7H2. The van der Waals surface area contributed by atoms with E-state index in [1.807, 2.05) is 0 Å². The minimum Gasteiger partial charge on any atom is -0.356 e. The molecule has 2 unspecified atom stereocenters. The van der Waals surface area contributed by atoms with Crippen molar-refractivity contribution >= 4 is 19.7 Å². The fourth-order valence-corrected chi connectivity index (χ4v) is 2.15. The van der Waals surface area contributed by atoms with Crippen LogP contribution in [-0.2, 0) is 13.8 Å². The molecule has 1 fully saturated rings. The second-order valence-corrected chi connectivity index (χ2v) is 5.24. The average molecular weight is 200 g/mol. The third-order valence-corrected chi connectivity index (χ3v) is 3.22. The van der Waals surface area contributed by atoms with Crippen LogP contribution in [0.25, 0.3) is 0 Å². The Morgan fingerprint density at radius 2 is 2.18 bits per heavy atom. The van der Waals surface area contributed by atoms with Gasteiger partial charge < -0.3 is 10.5 Å². The summed E-state index contributed by atoms with van der Waals surface area (Å²) in [6, 6.07) is 0. The quantitative estimate of drug-likeness (QED) is 0.637. The fraction of sp³-hybridized carbons (Fsp3) is 1.00. The molecule has 66 valence electrons. The maximum absolute atomic E-state index is 10.7. The number of hydrogen-bond acceptors (Lipinski definition) is 4. The van der Waals surface area contributed by atoms with Crippen molar-refractivity contribution < 1.29 is 13.2 Å². The Balaban J connectivity index is 2.55. The molecule has 4 nitrogen and oxygen atoms in total. The largest absolute Gasteiger partial charge is 0.356 e. The van der Waals surface area contributed by atoms with Gasteiger partial charge in [0.05, 0.1) is 6.10 Å². The second-order valence-electron chi connectivity index (χ2n) is 2.48. The molecule has 1 aliphatic heterocycles. The molecule has 0 spiro atoms. The lowest BCUT2D eigenvalue weighted by Crippen LogP contribution is -2.22. The van der Waals surface area contributed by atoms with Gasteiger partial charge in [-0.05, 0) is 12.8 Å². The van der Waals surface area contributed by atoms with Gasteiger partial charge in [-0.1, -0.05) is 0 Å². The van der Waals surface area contributed by atoms with E-state index in [1.165, 1.54) is 0 Å². The van der Waals surface area contributed by atoms with E-state index in [4.69, 9.17) is 21.2 Å². The fourth-order valence-electron chi connectivity index (χ4n) is 1.05. The van der Waals surface area contributed by atoms with Crippen molar-refractivity contribution in [3.63, 3.8) is 0 Å². The summed E-state index contributed by atoms with van der Waals surface area (Å²) in [5, 5.41) is 0. The number of rotatable bonds is 2. The van der Waals surface area contributed by atoms with E-state index in [0.717, 1.165) is 0 Å². The zero-order valence-corrected chi connectivity index (χ0v) is 7.44. The van der Waals surface area contributed by atoms with Crippen LogP contribution in [0.4, 0.5) is 0 Å². The van der Waals surface area contributed by atoms with Crippen LogP contribution in [0.5, 0.6) is 0 Å². The van der Waals surface area contributed by atoms with Gasteiger partial charge in [-0.15, -0.1) is 0 Å². The van der Waals surface area contributed by atoms with Gasteiger partial charge in [-0.2, -0.15) is 0 Å². The third kappa shape index (κ3) is 2.30. The van der Waals surface area contributed by atoms with E-state index in [-0.39, 0.29) is 6.10 Å². The van der Waals surface area contributed by atoms with Gasteiger partial charge in [0.25, 0.3) is 9.05 Å². The van der Waals surface area contributed by atoms with Gasteiger partial charge in [0.2, 0.25) is 0 Å². The minimum absolute atomic E-state index is 0.145. The molecule has 2 N–H and O–H groups in total. The van der Waals surface area contributed by atoms with Crippen LogP contribution in [-0.4, -0.2) is 26.5 Å². The van der Waals surface area contributed by atoms with Gasteiger partial charge in [0.15, 0.2) is 5.44 Å². The van der Waals surface area contributed by atoms with E-state index in [2.05, 4.69) is 0 Å². The van der Waals surface area contributed by atoms with E-state index in [9.17, 15) is 8.42 Å². The van der Waals surface area contributed by atoms with Crippen molar-refractivity contribution in [2.45, 2.75) is 24.4 Å². The molecular formula is C5H10ClNO3S. The Kier molecular flexibility index (Phi) is 2.74. The van der Waals surface area contributed by atoms with Crippen LogP contribution in [0.3, 0.4) is 0 Å². The first kappa shape index (κ1) is 9.25. The lowest BCUT2D eigenvalue weighted by molar-refractivity contribution is 0.0939. The first-order valence-corrected chi connectivity index (χ1v) is 5.70. The molecule has 0 aromatic rings. The predicted octanol–water partition coefficient (Wildman–Crippen LogP) is 0.0188. The Morgan fingerprint density at radius 3 is 2.45 bits per heavy atom. The molecule has 0 radical (unpaired) electrons. The highest BCUT2D eigenvalue weighted by Gasteiger charge is 2.32. The van der Waals surface area contributed by atoms with Crippen molar-refractivity contribution in [1.29, 1.82) is 0 Å². The molecule has 2 atom stereocenters. The van der Waals surface area contributed by atoms with Gasteiger partial charge in [0.1, 0.15) is 0 Å². The van der Waals surface area contributed by atoms with Crippen LogP contribution in [0.2, 0.25) is 0 Å². The molecule has 0 aromatic carbocycles. The molecule has 1 saturated heterocycles. The predicted molar refractivity (Wildman–Crippen MR) is 41.7 cm³/mol. The zero-order chi connectivity index (χ0) is 8.48. The molecule has 0 amide bonds. The Hall–Kier alpha value is 0.160. The SMILES string of the molecule is NCC1CCC(S(=O)(=O)Cl)O1. The summed E-state index contributed by atoms with van der Waals surface area (Å²) in [7, 11) is 1.52. The number of ether oxygens (including phenoxy) is 1. The second kappa shape index (κ2) is 3.26. The molecule has 6 heteroatoms. The highest BCUT2D eigenvalue weighted by atomic mass is 35.7. The first-order valence-electron chi connectivity index (χ1n) is 3.33. The number of halogens is 1. The molecule has 11 heavy (non-hydrogen) atoms. The molecular weight excluding hydrogens is 190 g/mol. The van der Waals surface area contributed by atoms with E-state index in [1.54, 1.807) is 0 Å². The summed E-state index contributed by atoms with van der Waals surface area (Å²) >= 11 is 0. The third-order valence-electron chi connectivity index (χ3n) is 1.65. The van der Waals surface area contributed by atoms with Crippen LogP contribution < -0.4 is 5.73 Å². The van der Waals surface area contributed by atoms with E-state index < -0.39 is 14.5 Å². The molecule has 1 rings (SSSR count). The molecule has 0 aliphatic carbocycles. The van der Waals surface area contributed by atoms with Crippen molar-refractivity contribution in [2.24, 2.45) is 5.73 Å². The van der Waals surface area contributed by atoms with Gasteiger partial charge in [-0.25, -0.2) is 8.42 Å². The Morgan fingerprint density at radius 1 is 1.55 bits per heavy atom. The summed E-state index contributed by atoms with van der Waals surface area (Å²) in [6.45, 7) is 0.350. The van der Waals surface area contributed by atoms with Gasteiger partial charge >= 0.3 is 0 Å². The molecule has 0 bridgehead atoms.